The van der Waals surface area contributed by atoms with Gasteiger partial charge in [0.25, 0.3) is 0 Å². The van der Waals surface area contributed by atoms with Crippen molar-refractivity contribution in [1.82, 2.24) is 9.88 Å². The van der Waals surface area contributed by atoms with Gasteiger partial charge >= 0.3 is 0 Å². The molecule has 0 spiro atoms. The van der Waals surface area contributed by atoms with Crippen LogP contribution in [-0.4, -0.2) is 17.0 Å². The fraction of sp³-hybridized carbons (Fsp3) is 0.526. The number of aryl methyl sites for hydroxylation is 1. The Morgan fingerprint density at radius 2 is 2.05 bits per heavy atom. The van der Waals surface area contributed by atoms with Gasteiger partial charge in [0.05, 0.1) is 0 Å². The molecule has 1 aromatic heterocycles. The van der Waals surface area contributed by atoms with Crippen molar-refractivity contribution in [3.63, 3.8) is 0 Å². The number of nitrogens with one attached hydrogen (secondary N) is 1. The molecule has 2 aromatic rings. The molecule has 116 valence electrons. The van der Waals surface area contributed by atoms with Gasteiger partial charge in [0.15, 0.2) is 0 Å². The van der Waals surface area contributed by atoms with E-state index in [1.807, 2.05) is 0 Å². The van der Waals surface area contributed by atoms with Gasteiger partial charge < -0.3 is 9.88 Å². The summed E-state index contributed by atoms with van der Waals surface area (Å²) in [6.45, 7) is 0.802. The SMILES string of the molecule is Cn1cc(C2(CNC(=O)C3CCC3)CCC2)c2ccccc21. The fourth-order valence-corrected chi connectivity index (χ4v) is 3.98. The smallest absolute Gasteiger partial charge is 0.223 e. The van der Waals surface area contributed by atoms with Gasteiger partial charge in [-0.3, -0.25) is 4.79 Å². The lowest BCUT2D eigenvalue weighted by molar-refractivity contribution is -0.127. The Morgan fingerprint density at radius 1 is 1.27 bits per heavy atom. The minimum absolute atomic E-state index is 0.153. The first-order chi connectivity index (χ1) is 10.7. The van der Waals surface area contributed by atoms with Gasteiger partial charge in [-0.1, -0.05) is 31.0 Å². The number of benzene rings is 1. The molecule has 3 heteroatoms. The van der Waals surface area contributed by atoms with E-state index in [-0.39, 0.29) is 17.2 Å². The molecular formula is C19H24N2O. The summed E-state index contributed by atoms with van der Waals surface area (Å²) in [5.74, 6) is 0.558. The molecule has 0 bridgehead atoms. The van der Waals surface area contributed by atoms with E-state index in [1.54, 1.807) is 0 Å². The summed E-state index contributed by atoms with van der Waals surface area (Å²) in [7, 11) is 2.12. The Hall–Kier alpha value is -1.77. The molecule has 0 saturated heterocycles. The molecule has 22 heavy (non-hydrogen) atoms. The number of carbonyl (C=O) groups is 1. The van der Waals surface area contributed by atoms with E-state index < -0.39 is 0 Å². The molecule has 1 aromatic carbocycles. The normalized spacial score (nSPS) is 20.4. The molecule has 2 aliphatic carbocycles. The molecule has 1 heterocycles. The predicted molar refractivity (Wildman–Crippen MR) is 88.8 cm³/mol. The fourth-order valence-electron chi connectivity index (χ4n) is 3.98. The largest absolute Gasteiger partial charge is 0.355 e. The molecule has 2 fully saturated rings. The molecular weight excluding hydrogens is 272 g/mol. The Morgan fingerprint density at radius 3 is 2.68 bits per heavy atom. The highest BCUT2D eigenvalue weighted by Gasteiger charge is 2.41. The maximum atomic E-state index is 12.2. The number of fused-ring (bicyclic) bond motifs is 1. The van der Waals surface area contributed by atoms with Crippen molar-refractivity contribution in [2.45, 2.75) is 43.9 Å². The van der Waals surface area contributed by atoms with Crippen molar-refractivity contribution < 1.29 is 4.79 Å². The van der Waals surface area contributed by atoms with Crippen LogP contribution in [0.25, 0.3) is 10.9 Å². The van der Waals surface area contributed by atoms with Crippen molar-refractivity contribution in [3.05, 3.63) is 36.0 Å². The zero-order chi connectivity index (χ0) is 15.2. The van der Waals surface area contributed by atoms with Crippen molar-refractivity contribution in [3.8, 4) is 0 Å². The van der Waals surface area contributed by atoms with Gasteiger partial charge in [0.2, 0.25) is 5.91 Å². The summed E-state index contributed by atoms with van der Waals surface area (Å²) < 4.78 is 2.22. The second kappa shape index (κ2) is 5.15. The molecule has 4 rings (SSSR count). The highest BCUT2D eigenvalue weighted by atomic mass is 16.1. The minimum Gasteiger partial charge on any atom is -0.355 e. The Bertz CT molecular complexity index is 707. The van der Waals surface area contributed by atoms with Crippen molar-refractivity contribution >= 4 is 16.8 Å². The standard InChI is InChI=1S/C19H24N2O/c1-21-12-16(15-8-2-3-9-17(15)21)19(10-5-11-19)13-20-18(22)14-6-4-7-14/h2-3,8-9,12,14H,4-7,10-11,13H2,1H3,(H,20,22). The van der Waals surface area contributed by atoms with Crippen molar-refractivity contribution in [1.29, 1.82) is 0 Å². The van der Waals surface area contributed by atoms with Crippen molar-refractivity contribution in [2.75, 3.05) is 6.54 Å². The summed E-state index contributed by atoms with van der Waals surface area (Å²) in [6.07, 6.45) is 9.28. The predicted octanol–water partition coefficient (Wildman–Crippen LogP) is 3.52. The van der Waals surface area contributed by atoms with Gasteiger partial charge in [0.1, 0.15) is 0 Å². The van der Waals surface area contributed by atoms with E-state index in [4.69, 9.17) is 0 Å². The molecule has 1 amide bonds. The van der Waals surface area contributed by atoms with Crippen LogP contribution in [-0.2, 0) is 17.3 Å². The zero-order valence-corrected chi connectivity index (χ0v) is 13.3. The van der Waals surface area contributed by atoms with Crippen LogP contribution in [0, 0.1) is 5.92 Å². The number of hydrogen-bond donors (Lipinski definition) is 1. The van der Waals surface area contributed by atoms with Crippen LogP contribution in [0.15, 0.2) is 30.5 Å². The Labute approximate surface area is 131 Å². The van der Waals surface area contributed by atoms with E-state index in [9.17, 15) is 4.79 Å². The molecule has 2 saturated carbocycles. The number of amides is 1. The summed E-state index contributed by atoms with van der Waals surface area (Å²) in [5.41, 5.74) is 2.86. The quantitative estimate of drug-likeness (QED) is 0.920. The number of hydrogen-bond acceptors (Lipinski definition) is 1. The van der Waals surface area contributed by atoms with Crippen LogP contribution in [0.4, 0.5) is 0 Å². The Kier molecular flexibility index (Phi) is 3.24. The highest BCUT2D eigenvalue weighted by molar-refractivity contribution is 5.85. The molecule has 0 atom stereocenters. The van der Waals surface area contributed by atoms with Crippen LogP contribution in [0.1, 0.15) is 44.1 Å². The first-order valence-electron chi connectivity index (χ1n) is 8.52. The first-order valence-corrected chi connectivity index (χ1v) is 8.52. The highest BCUT2D eigenvalue weighted by Crippen LogP contribution is 2.46. The number of aromatic nitrogens is 1. The van der Waals surface area contributed by atoms with Crippen LogP contribution in [0.2, 0.25) is 0 Å². The van der Waals surface area contributed by atoms with Crippen LogP contribution >= 0.6 is 0 Å². The third-order valence-electron chi connectivity index (χ3n) is 5.86. The van der Waals surface area contributed by atoms with Gasteiger partial charge in [-0.05, 0) is 37.3 Å². The van der Waals surface area contributed by atoms with Crippen LogP contribution in [0.3, 0.4) is 0 Å². The molecule has 0 aliphatic heterocycles. The second-order valence-electron chi connectivity index (χ2n) is 7.15. The summed E-state index contributed by atoms with van der Waals surface area (Å²) in [4.78, 5) is 12.2. The maximum Gasteiger partial charge on any atom is 0.223 e. The third-order valence-corrected chi connectivity index (χ3v) is 5.86. The average molecular weight is 296 g/mol. The molecule has 0 radical (unpaired) electrons. The zero-order valence-electron chi connectivity index (χ0n) is 13.3. The summed E-state index contributed by atoms with van der Waals surface area (Å²) in [5, 5.41) is 4.60. The number of para-hydroxylation sites is 1. The van der Waals surface area contributed by atoms with Crippen LogP contribution in [0.5, 0.6) is 0 Å². The van der Waals surface area contributed by atoms with E-state index in [2.05, 4.69) is 47.4 Å². The number of carbonyl (C=O) groups excluding carboxylic acids is 1. The maximum absolute atomic E-state index is 12.2. The van der Waals surface area contributed by atoms with Gasteiger partial charge in [0, 0.05) is 42.0 Å². The topological polar surface area (TPSA) is 34.0 Å². The molecule has 2 aliphatic rings. The molecule has 0 unspecified atom stereocenters. The number of nitrogens with zero attached hydrogens (tertiary/aromatic N) is 1. The van der Waals surface area contributed by atoms with Gasteiger partial charge in [-0.2, -0.15) is 0 Å². The van der Waals surface area contributed by atoms with E-state index in [1.165, 1.54) is 42.1 Å². The van der Waals surface area contributed by atoms with E-state index in [0.717, 1.165) is 19.4 Å². The van der Waals surface area contributed by atoms with Gasteiger partial charge in [-0.15, -0.1) is 0 Å². The average Bonchev–Trinajstić information content (AvgIpc) is 2.74. The molecule has 3 nitrogen and oxygen atoms in total. The third kappa shape index (κ3) is 2.06. The van der Waals surface area contributed by atoms with E-state index >= 15 is 0 Å². The van der Waals surface area contributed by atoms with E-state index in [0.29, 0.717) is 0 Å². The summed E-state index contributed by atoms with van der Waals surface area (Å²) in [6, 6.07) is 8.61. The minimum atomic E-state index is 0.153. The monoisotopic (exact) mass is 296 g/mol. The lowest BCUT2D eigenvalue weighted by Gasteiger charge is -2.42. The second-order valence-corrected chi connectivity index (χ2v) is 7.15. The lowest BCUT2D eigenvalue weighted by Crippen LogP contribution is -2.47. The van der Waals surface area contributed by atoms with Gasteiger partial charge in [-0.25, -0.2) is 0 Å². The Balaban J connectivity index is 1.61. The summed E-state index contributed by atoms with van der Waals surface area (Å²) >= 11 is 0. The lowest BCUT2D eigenvalue weighted by atomic mass is 9.64. The van der Waals surface area contributed by atoms with Crippen LogP contribution < -0.4 is 5.32 Å². The molecule has 1 N–H and O–H groups in total. The number of rotatable bonds is 4. The van der Waals surface area contributed by atoms with Crippen molar-refractivity contribution in [2.24, 2.45) is 13.0 Å². The first kappa shape index (κ1) is 13.9.